The van der Waals surface area contributed by atoms with Gasteiger partial charge in [0.2, 0.25) is 5.28 Å². The van der Waals surface area contributed by atoms with Crippen molar-refractivity contribution in [3.05, 3.63) is 83.4 Å². The minimum Gasteiger partial charge on any atom is -0.389 e. The highest BCUT2D eigenvalue weighted by molar-refractivity contribution is 6.28. The van der Waals surface area contributed by atoms with Gasteiger partial charge in [0.05, 0.1) is 18.5 Å². The van der Waals surface area contributed by atoms with Gasteiger partial charge < -0.3 is 25.8 Å². The average Bonchev–Trinajstić information content (AvgIpc) is 3.36. The summed E-state index contributed by atoms with van der Waals surface area (Å²) in [4.78, 5) is 13.2. The van der Waals surface area contributed by atoms with Crippen molar-refractivity contribution in [3.63, 3.8) is 0 Å². The van der Waals surface area contributed by atoms with Crippen molar-refractivity contribution >= 4 is 53.4 Å². The van der Waals surface area contributed by atoms with Crippen molar-refractivity contribution in [2.24, 2.45) is 5.73 Å². The Morgan fingerprint density at radius 1 is 0.971 bits per heavy atom. The molecule has 1 aliphatic carbocycles. The summed E-state index contributed by atoms with van der Waals surface area (Å²) in [6.45, 7) is 0.568. The second-order valence-electron chi connectivity index (χ2n) is 8.37. The zero-order valence-corrected chi connectivity index (χ0v) is 21.0. The molecule has 2 aromatic carbocycles. The molecule has 0 saturated heterocycles. The maximum Gasteiger partial charge on any atom is 0.226 e. The first-order valence-corrected chi connectivity index (χ1v) is 11.3. The summed E-state index contributed by atoms with van der Waals surface area (Å²) in [5.74, 6) is 0.598. The van der Waals surface area contributed by atoms with Crippen LogP contribution in [0.2, 0.25) is 5.28 Å². The number of nitrogens with zero attached hydrogens (tertiary/aromatic N) is 4. The molecule has 4 aromatic rings. The summed E-state index contributed by atoms with van der Waals surface area (Å²) < 4.78 is 1.72. The molecule has 1 fully saturated rings. The molecule has 5 N–H and O–H groups in total. The fourth-order valence-electron chi connectivity index (χ4n) is 4.57. The molecule has 1 aliphatic rings. The number of aliphatic hydroxyl groups excluding tert-OH is 2. The molecular weight excluding hydrogens is 511 g/mol. The number of anilines is 1. The molecule has 4 atom stereocenters. The fourth-order valence-corrected chi connectivity index (χ4v) is 4.73. The van der Waals surface area contributed by atoms with E-state index in [-0.39, 0.29) is 36.0 Å². The summed E-state index contributed by atoms with van der Waals surface area (Å²) in [6.07, 6.45) is -0.0175. The molecule has 0 spiro atoms. The summed E-state index contributed by atoms with van der Waals surface area (Å²) in [5.41, 5.74) is 9.33. The van der Waals surface area contributed by atoms with Gasteiger partial charge in [0, 0.05) is 18.5 Å². The predicted molar refractivity (Wildman–Crippen MR) is 142 cm³/mol. The summed E-state index contributed by atoms with van der Waals surface area (Å²) >= 11 is 6.26. The number of fused-ring (bicyclic) bond motifs is 1. The van der Waals surface area contributed by atoms with Gasteiger partial charge in [0.15, 0.2) is 17.0 Å². The molecule has 11 heteroatoms. The fraction of sp³-hybridized carbons (Fsp3) is 0.292. The van der Waals surface area contributed by atoms with Crippen LogP contribution in [0, 0.1) is 0 Å². The molecule has 0 aliphatic heterocycles. The van der Waals surface area contributed by atoms with Gasteiger partial charge in [0.1, 0.15) is 6.10 Å². The monoisotopic (exact) mass is 536 g/mol. The van der Waals surface area contributed by atoms with E-state index in [1.807, 2.05) is 36.4 Å². The Bertz CT molecular complexity index is 1200. The van der Waals surface area contributed by atoms with Crippen molar-refractivity contribution in [3.8, 4) is 0 Å². The van der Waals surface area contributed by atoms with Gasteiger partial charge in [-0.05, 0) is 29.1 Å². The van der Waals surface area contributed by atoms with E-state index in [9.17, 15) is 10.2 Å². The van der Waals surface area contributed by atoms with Crippen LogP contribution in [0.25, 0.3) is 11.2 Å². The van der Waals surface area contributed by atoms with Gasteiger partial charge in [-0.15, -0.1) is 24.8 Å². The van der Waals surface area contributed by atoms with Crippen molar-refractivity contribution < 1.29 is 10.2 Å². The Morgan fingerprint density at radius 3 is 2.11 bits per heavy atom. The van der Waals surface area contributed by atoms with Crippen molar-refractivity contribution in [2.45, 2.75) is 36.6 Å². The smallest absolute Gasteiger partial charge is 0.226 e. The average molecular weight is 538 g/mol. The topological polar surface area (TPSA) is 122 Å². The minimum atomic E-state index is -1.01. The molecule has 2 heterocycles. The highest BCUT2D eigenvalue weighted by atomic mass is 35.5. The molecule has 2 aromatic heterocycles. The first kappa shape index (κ1) is 27.1. The van der Waals surface area contributed by atoms with Crippen LogP contribution < -0.4 is 11.1 Å². The van der Waals surface area contributed by atoms with Crippen LogP contribution in [-0.2, 0) is 0 Å². The van der Waals surface area contributed by atoms with Gasteiger partial charge >= 0.3 is 0 Å². The Labute approximate surface area is 220 Å². The Morgan fingerprint density at radius 2 is 1.57 bits per heavy atom. The van der Waals surface area contributed by atoms with E-state index in [0.717, 1.165) is 0 Å². The molecule has 0 amide bonds. The van der Waals surface area contributed by atoms with Crippen LogP contribution in [0.1, 0.15) is 29.5 Å². The third kappa shape index (κ3) is 5.38. The molecule has 1 saturated carbocycles. The van der Waals surface area contributed by atoms with E-state index < -0.39 is 24.3 Å². The number of halogens is 3. The number of hydrogen-bond donors (Lipinski definition) is 4. The normalized spacial score (nSPS) is 21.5. The maximum atomic E-state index is 10.5. The zero-order valence-electron chi connectivity index (χ0n) is 18.6. The molecule has 0 bridgehead atoms. The number of aromatic nitrogens is 4. The van der Waals surface area contributed by atoms with Crippen LogP contribution in [0.4, 0.5) is 5.82 Å². The van der Waals surface area contributed by atoms with E-state index in [2.05, 4.69) is 44.5 Å². The number of nitrogens with one attached hydrogen (secondary N) is 1. The van der Waals surface area contributed by atoms with Gasteiger partial charge in [-0.25, -0.2) is 4.98 Å². The summed E-state index contributed by atoms with van der Waals surface area (Å²) in [5, 5.41) is 24.0. The third-order valence-corrected chi connectivity index (χ3v) is 6.49. The second kappa shape index (κ2) is 11.5. The molecule has 8 nitrogen and oxygen atoms in total. The van der Waals surface area contributed by atoms with Crippen molar-refractivity contribution in [2.75, 3.05) is 11.9 Å². The van der Waals surface area contributed by atoms with Gasteiger partial charge in [0.25, 0.3) is 0 Å². The van der Waals surface area contributed by atoms with Crippen molar-refractivity contribution in [1.82, 2.24) is 19.5 Å². The maximum absolute atomic E-state index is 10.5. The molecular formula is C24H27Cl3N6O2. The highest BCUT2D eigenvalue weighted by Gasteiger charge is 2.41. The quantitative estimate of drug-likeness (QED) is 0.277. The van der Waals surface area contributed by atoms with Gasteiger partial charge in [-0.3, -0.25) is 0 Å². The molecule has 5 rings (SSSR count). The molecule has 186 valence electrons. The van der Waals surface area contributed by atoms with Crippen LogP contribution in [0.5, 0.6) is 0 Å². The summed E-state index contributed by atoms with van der Waals surface area (Å²) in [6, 6.07) is 19.6. The lowest BCUT2D eigenvalue weighted by Gasteiger charge is -2.20. The number of benzene rings is 2. The lowest BCUT2D eigenvalue weighted by Crippen LogP contribution is -2.35. The van der Waals surface area contributed by atoms with E-state index >= 15 is 0 Å². The van der Waals surface area contributed by atoms with E-state index in [1.54, 1.807) is 10.9 Å². The summed E-state index contributed by atoms with van der Waals surface area (Å²) in [7, 11) is 0. The predicted octanol–water partition coefficient (Wildman–Crippen LogP) is 3.56. The van der Waals surface area contributed by atoms with Gasteiger partial charge in [-0.2, -0.15) is 9.97 Å². The number of aliphatic hydroxyl groups is 2. The SMILES string of the molecule is Cl.Cl.N[C@H]1C[C@@H](n2cnc3c(NCC(c4ccccc4)c4ccccc4)nc(Cl)nc32)[C@H](O)[C@@H]1O. The highest BCUT2D eigenvalue weighted by Crippen LogP contribution is 2.34. The molecule has 0 unspecified atom stereocenters. The van der Waals surface area contributed by atoms with Crippen LogP contribution in [-0.4, -0.2) is 54.5 Å². The lowest BCUT2D eigenvalue weighted by molar-refractivity contribution is 0.0187. The Kier molecular flexibility index (Phi) is 8.93. The third-order valence-electron chi connectivity index (χ3n) is 6.33. The largest absolute Gasteiger partial charge is 0.389 e. The first-order valence-electron chi connectivity index (χ1n) is 10.9. The number of imidazole rings is 1. The van der Waals surface area contributed by atoms with Crippen LogP contribution in [0.15, 0.2) is 67.0 Å². The number of rotatable bonds is 6. The minimum absolute atomic E-state index is 0. The lowest BCUT2D eigenvalue weighted by atomic mass is 9.91. The Hall–Kier alpha value is -2.46. The van der Waals surface area contributed by atoms with E-state index in [0.29, 0.717) is 29.9 Å². The van der Waals surface area contributed by atoms with E-state index in [1.165, 1.54) is 11.1 Å². The Balaban J connectivity index is 0.00000171. The standard InChI is InChI=1S/C24H25ClN6O2.2ClH/c25-24-29-22(19-23(30-24)31(13-28-19)18-11-17(26)20(32)21(18)33)27-12-16(14-7-3-1-4-8-14)15-9-5-2-6-10-15;;/h1-10,13,16-18,20-21,32-33H,11-12,26H2,(H,27,29,30);2*1H/t17-,18+,20+,21-;;/m0../s1. The molecule has 0 radical (unpaired) electrons. The zero-order chi connectivity index (χ0) is 22.9. The van der Waals surface area contributed by atoms with Crippen molar-refractivity contribution in [1.29, 1.82) is 0 Å². The second-order valence-corrected chi connectivity index (χ2v) is 8.71. The number of nitrogens with two attached hydrogens (primary N) is 1. The van der Waals surface area contributed by atoms with Gasteiger partial charge in [-0.1, -0.05) is 60.7 Å². The molecule has 35 heavy (non-hydrogen) atoms. The number of hydrogen-bond acceptors (Lipinski definition) is 7. The van der Waals surface area contributed by atoms with Crippen LogP contribution >= 0.6 is 36.4 Å². The van der Waals surface area contributed by atoms with Crippen LogP contribution in [0.3, 0.4) is 0 Å². The first-order chi connectivity index (χ1) is 16.0. The van der Waals surface area contributed by atoms with E-state index in [4.69, 9.17) is 17.3 Å².